The van der Waals surface area contributed by atoms with Gasteiger partial charge in [0.2, 0.25) is 0 Å². The van der Waals surface area contributed by atoms with Crippen LogP contribution in [0.3, 0.4) is 0 Å². The smallest absolute Gasteiger partial charge is 0.289 e. The summed E-state index contributed by atoms with van der Waals surface area (Å²) in [6.07, 6.45) is 1.79. The standard InChI is InChI=1S/C15H21ClN2O4/c16-13-2-1-10(22-13)14(20)18-6-3-15(4-7-18)11(19)9-12(15)21-8-5-17/h1-2,11-12,19H,3-9,17H2/t11-,12+/m0/s1. The predicted octanol–water partition coefficient (Wildman–Crippen LogP) is 1.26. The van der Waals surface area contributed by atoms with Crippen molar-refractivity contribution in [1.29, 1.82) is 0 Å². The van der Waals surface area contributed by atoms with E-state index in [1.165, 1.54) is 0 Å². The highest BCUT2D eigenvalue weighted by Gasteiger charge is 2.56. The van der Waals surface area contributed by atoms with E-state index in [1.54, 1.807) is 17.0 Å². The molecule has 0 bridgehead atoms. The minimum atomic E-state index is -0.356. The van der Waals surface area contributed by atoms with Gasteiger partial charge in [-0.1, -0.05) is 0 Å². The average molecular weight is 329 g/mol. The molecule has 1 aromatic rings. The molecular formula is C15H21ClN2O4. The molecule has 2 aliphatic rings. The van der Waals surface area contributed by atoms with Crippen LogP contribution < -0.4 is 5.73 Å². The number of halogens is 1. The van der Waals surface area contributed by atoms with Gasteiger partial charge in [0.05, 0.1) is 18.8 Å². The Morgan fingerprint density at radius 1 is 1.50 bits per heavy atom. The van der Waals surface area contributed by atoms with E-state index in [9.17, 15) is 9.90 Å². The van der Waals surface area contributed by atoms with E-state index in [-0.39, 0.29) is 34.5 Å². The number of furan rings is 1. The second-order valence-corrected chi connectivity index (χ2v) is 6.40. The van der Waals surface area contributed by atoms with Gasteiger partial charge in [0.25, 0.3) is 5.91 Å². The number of amides is 1. The Morgan fingerprint density at radius 3 is 2.77 bits per heavy atom. The van der Waals surface area contributed by atoms with Gasteiger partial charge in [-0.25, -0.2) is 0 Å². The number of rotatable bonds is 4. The maximum absolute atomic E-state index is 12.3. The van der Waals surface area contributed by atoms with Crippen LogP contribution in [0.15, 0.2) is 16.5 Å². The SMILES string of the molecule is NCCO[C@@H]1C[C@H](O)C12CCN(C(=O)c1ccc(Cl)o1)CC2. The molecule has 1 saturated carbocycles. The molecule has 22 heavy (non-hydrogen) atoms. The molecule has 1 aliphatic carbocycles. The molecule has 1 aromatic heterocycles. The van der Waals surface area contributed by atoms with Crippen molar-refractivity contribution in [3.8, 4) is 0 Å². The van der Waals surface area contributed by atoms with Crippen LogP contribution in [0, 0.1) is 5.41 Å². The van der Waals surface area contributed by atoms with E-state index >= 15 is 0 Å². The number of likely N-dealkylation sites (tertiary alicyclic amines) is 1. The number of ether oxygens (including phenoxy) is 1. The number of hydrogen-bond donors (Lipinski definition) is 2. The van der Waals surface area contributed by atoms with Gasteiger partial charge in [-0.05, 0) is 36.6 Å². The average Bonchev–Trinajstić information content (AvgIpc) is 2.97. The number of aliphatic hydroxyl groups is 1. The maximum atomic E-state index is 12.3. The summed E-state index contributed by atoms with van der Waals surface area (Å²) >= 11 is 5.71. The Morgan fingerprint density at radius 2 is 2.23 bits per heavy atom. The molecule has 1 aliphatic heterocycles. The first-order valence-electron chi connectivity index (χ1n) is 7.61. The quantitative estimate of drug-likeness (QED) is 0.868. The van der Waals surface area contributed by atoms with Gasteiger partial charge >= 0.3 is 0 Å². The molecule has 0 unspecified atom stereocenters. The van der Waals surface area contributed by atoms with E-state index in [1.807, 2.05) is 0 Å². The molecular weight excluding hydrogens is 308 g/mol. The van der Waals surface area contributed by atoms with Crippen molar-refractivity contribution in [3.63, 3.8) is 0 Å². The topological polar surface area (TPSA) is 88.9 Å². The summed E-state index contributed by atoms with van der Waals surface area (Å²) in [4.78, 5) is 14.1. The highest BCUT2D eigenvalue weighted by molar-refractivity contribution is 6.29. The first kappa shape index (κ1) is 15.8. The Bertz CT molecular complexity index is 539. The summed E-state index contributed by atoms with van der Waals surface area (Å²) in [5, 5.41) is 10.4. The third-order valence-corrected chi connectivity index (χ3v) is 5.15. The first-order valence-corrected chi connectivity index (χ1v) is 7.99. The molecule has 2 atom stereocenters. The fourth-order valence-electron chi connectivity index (χ4n) is 3.54. The van der Waals surface area contributed by atoms with Crippen molar-refractivity contribution in [2.75, 3.05) is 26.2 Å². The number of hydrogen-bond acceptors (Lipinski definition) is 5. The lowest BCUT2D eigenvalue weighted by Gasteiger charge is -2.56. The molecule has 2 fully saturated rings. The molecule has 3 rings (SSSR count). The van der Waals surface area contributed by atoms with Crippen LogP contribution in [0.4, 0.5) is 0 Å². The van der Waals surface area contributed by atoms with Gasteiger partial charge in [0.1, 0.15) is 0 Å². The number of piperidine rings is 1. The van der Waals surface area contributed by atoms with Crippen molar-refractivity contribution < 1.29 is 19.1 Å². The minimum Gasteiger partial charge on any atom is -0.440 e. The predicted molar refractivity (Wildman–Crippen MR) is 80.7 cm³/mol. The van der Waals surface area contributed by atoms with E-state index in [2.05, 4.69) is 0 Å². The number of carbonyl (C=O) groups is 1. The lowest BCUT2D eigenvalue weighted by Crippen LogP contribution is -2.62. The van der Waals surface area contributed by atoms with Crippen molar-refractivity contribution in [3.05, 3.63) is 23.1 Å². The highest BCUT2D eigenvalue weighted by Crippen LogP contribution is 2.51. The summed E-state index contributed by atoms with van der Waals surface area (Å²) in [6, 6.07) is 3.15. The Hall–Kier alpha value is -1.08. The Kier molecular flexibility index (Phi) is 4.45. The lowest BCUT2D eigenvalue weighted by atomic mass is 9.58. The summed E-state index contributed by atoms with van der Waals surface area (Å²) in [6.45, 7) is 2.15. The second kappa shape index (κ2) is 6.20. The maximum Gasteiger partial charge on any atom is 0.289 e. The number of carbonyl (C=O) groups excluding carboxylic acids is 1. The third-order valence-electron chi connectivity index (χ3n) is 4.94. The molecule has 6 nitrogen and oxygen atoms in total. The molecule has 1 saturated heterocycles. The summed E-state index contributed by atoms with van der Waals surface area (Å²) < 4.78 is 10.9. The van der Waals surface area contributed by atoms with Crippen LogP contribution >= 0.6 is 11.6 Å². The normalized spacial score (nSPS) is 27.0. The number of aliphatic hydroxyl groups excluding tert-OH is 1. The van der Waals surface area contributed by atoms with Crippen molar-refractivity contribution in [2.24, 2.45) is 11.1 Å². The van der Waals surface area contributed by atoms with E-state index < -0.39 is 0 Å². The van der Waals surface area contributed by atoms with Crippen LogP contribution in [-0.2, 0) is 4.74 Å². The second-order valence-electron chi connectivity index (χ2n) is 6.03. The zero-order valence-corrected chi connectivity index (χ0v) is 13.1. The van der Waals surface area contributed by atoms with Gasteiger partial charge in [0, 0.05) is 31.5 Å². The van der Waals surface area contributed by atoms with Crippen LogP contribution in [0.1, 0.15) is 29.8 Å². The Balaban J connectivity index is 1.61. The van der Waals surface area contributed by atoms with Crippen LogP contribution in [0.25, 0.3) is 0 Å². The van der Waals surface area contributed by atoms with Crippen molar-refractivity contribution in [1.82, 2.24) is 4.90 Å². The number of nitrogens with two attached hydrogens (primary N) is 1. The highest BCUT2D eigenvalue weighted by atomic mass is 35.5. The summed E-state index contributed by atoms with van der Waals surface area (Å²) in [5.74, 6) is 0.0982. The molecule has 1 spiro atoms. The van der Waals surface area contributed by atoms with Crippen molar-refractivity contribution >= 4 is 17.5 Å². The van der Waals surface area contributed by atoms with Crippen LogP contribution in [0.2, 0.25) is 5.22 Å². The number of nitrogens with zero attached hydrogens (tertiary/aromatic N) is 1. The van der Waals surface area contributed by atoms with E-state index in [0.717, 1.165) is 12.8 Å². The zero-order valence-electron chi connectivity index (χ0n) is 12.3. The van der Waals surface area contributed by atoms with Crippen LogP contribution in [-0.4, -0.2) is 54.4 Å². The summed E-state index contributed by atoms with van der Waals surface area (Å²) in [5.41, 5.74) is 5.25. The molecule has 1 amide bonds. The van der Waals surface area contributed by atoms with Crippen molar-refractivity contribution in [2.45, 2.75) is 31.5 Å². The van der Waals surface area contributed by atoms with Crippen LogP contribution in [0.5, 0.6) is 0 Å². The van der Waals surface area contributed by atoms with Gasteiger partial charge < -0.3 is 24.9 Å². The molecule has 122 valence electrons. The molecule has 0 radical (unpaired) electrons. The largest absolute Gasteiger partial charge is 0.440 e. The third kappa shape index (κ3) is 2.65. The molecule has 7 heteroatoms. The van der Waals surface area contributed by atoms with Gasteiger partial charge in [0.15, 0.2) is 11.0 Å². The van der Waals surface area contributed by atoms with E-state index in [0.29, 0.717) is 32.7 Å². The lowest BCUT2D eigenvalue weighted by molar-refractivity contribution is -0.208. The van der Waals surface area contributed by atoms with Gasteiger partial charge in [-0.15, -0.1) is 0 Å². The fraction of sp³-hybridized carbons (Fsp3) is 0.667. The molecule has 2 heterocycles. The minimum absolute atomic E-state index is 0.0429. The van der Waals surface area contributed by atoms with Gasteiger partial charge in [-0.3, -0.25) is 4.79 Å². The molecule has 3 N–H and O–H groups in total. The monoisotopic (exact) mass is 328 g/mol. The molecule has 0 aromatic carbocycles. The first-order chi connectivity index (χ1) is 10.6. The van der Waals surface area contributed by atoms with E-state index in [4.69, 9.17) is 26.5 Å². The van der Waals surface area contributed by atoms with Gasteiger partial charge in [-0.2, -0.15) is 0 Å². The Labute approximate surface area is 134 Å². The zero-order chi connectivity index (χ0) is 15.7. The fourth-order valence-corrected chi connectivity index (χ4v) is 3.68. The summed E-state index contributed by atoms with van der Waals surface area (Å²) in [7, 11) is 0.